The van der Waals surface area contributed by atoms with E-state index in [1.165, 1.54) is 24.0 Å². The Morgan fingerprint density at radius 2 is 1.68 bits per heavy atom. The predicted molar refractivity (Wildman–Crippen MR) is 168 cm³/mol. The van der Waals surface area contributed by atoms with E-state index >= 15 is 0 Å². The number of nitrogens with one attached hydrogen (secondary N) is 2. The Kier molecular flexibility index (Phi) is 7.69. The summed E-state index contributed by atoms with van der Waals surface area (Å²) in [7, 11) is -0.967. The molecule has 40 heavy (non-hydrogen) atoms. The molecule has 0 atom stereocenters. The Morgan fingerprint density at radius 3 is 2.30 bits per heavy atom. The van der Waals surface area contributed by atoms with Crippen LogP contribution in [0.15, 0.2) is 66.9 Å². The zero-order valence-electron chi connectivity index (χ0n) is 23.9. The van der Waals surface area contributed by atoms with E-state index in [0.717, 1.165) is 27.9 Å². The summed E-state index contributed by atoms with van der Waals surface area (Å²) in [6.07, 6.45) is 3.96. The summed E-state index contributed by atoms with van der Waals surface area (Å²) in [5.41, 5.74) is 6.21. The molecule has 1 aromatic heterocycles. The van der Waals surface area contributed by atoms with Gasteiger partial charge in [-0.15, -0.1) is 0 Å². The Labute approximate surface area is 241 Å². The van der Waals surface area contributed by atoms with E-state index < -0.39 is 7.14 Å². The molecule has 8 heteroatoms. The van der Waals surface area contributed by atoms with Gasteiger partial charge in [-0.25, -0.2) is 4.98 Å². The first kappa shape index (κ1) is 28.2. The Balaban J connectivity index is 1.48. The molecule has 2 N–H and O–H groups in total. The molecule has 4 aromatic rings. The van der Waals surface area contributed by atoms with Gasteiger partial charge >= 0.3 is 0 Å². The topological polar surface area (TPSA) is 76.1 Å². The van der Waals surface area contributed by atoms with Gasteiger partial charge in [0.15, 0.2) is 5.82 Å². The van der Waals surface area contributed by atoms with Crippen LogP contribution < -0.4 is 20.7 Å². The standard InChI is InChI=1S/C32H36ClN4O2P/c1-32(2,3)24-18-28(39-4)27(17-23(24)21-12-13-21)36-31-34-19-25(33)30(37-31)35-26-15-14-22(16-29(26)40(5,6)38)20-10-8-7-9-11-20/h7-11,14-19,21H,12-13H2,1-6H3,(H2,34,35,36,37). The smallest absolute Gasteiger partial charge is 0.229 e. The monoisotopic (exact) mass is 574 g/mol. The average Bonchev–Trinajstić information content (AvgIpc) is 3.75. The zero-order chi connectivity index (χ0) is 28.7. The minimum atomic E-state index is -2.64. The summed E-state index contributed by atoms with van der Waals surface area (Å²) in [6, 6.07) is 20.3. The van der Waals surface area contributed by atoms with E-state index in [1.807, 2.05) is 48.5 Å². The van der Waals surface area contributed by atoms with Gasteiger partial charge in [0.25, 0.3) is 0 Å². The molecule has 208 valence electrons. The second-order valence-electron chi connectivity index (χ2n) is 11.8. The minimum absolute atomic E-state index is 0.00333. The highest BCUT2D eigenvalue weighted by atomic mass is 35.5. The van der Waals surface area contributed by atoms with Crippen LogP contribution in [0.25, 0.3) is 11.1 Å². The largest absolute Gasteiger partial charge is 0.495 e. The Hall–Kier alpha value is -3.34. The number of methoxy groups -OCH3 is 1. The lowest BCUT2D eigenvalue weighted by atomic mass is 9.82. The maximum absolute atomic E-state index is 13.3. The van der Waals surface area contributed by atoms with E-state index in [9.17, 15) is 4.57 Å². The van der Waals surface area contributed by atoms with Crippen LogP contribution in [0, 0.1) is 0 Å². The first-order valence-corrected chi connectivity index (χ1v) is 16.5. The molecule has 0 spiro atoms. The molecule has 5 rings (SSSR count). The Bertz CT molecular complexity index is 1590. The summed E-state index contributed by atoms with van der Waals surface area (Å²) in [4.78, 5) is 9.13. The van der Waals surface area contributed by atoms with Crippen molar-refractivity contribution in [3.8, 4) is 16.9 Å². The van der Waals surface area contributed by atoms with E-state index in [0.29, 0.717) is 28.4 Å². The van der Waals surface area contributed by atoms with Crippen molar-refractivity contribution in [1.29, 1.82) is 0 Å². The molecule has 1 heterocycles. The second kappa shape index (κ2) is 10.9. The van der Waals surface area contributed by atoms with Crippen molar-refractivity contribution in [1.82, 2.24) is 9.97 Å². The van der Waals surface area contributed by atoms with Crippen LogP contribution in [0.2, 0.25) is 5.02 Å². The van der Waals surface area contributed by atoms with Crippen LogP contribution in [0.1, 0.15) is 50.7 Å². The molecule has 1 aliphatic carbocycles. The normalized spacial score (nSPS) is 13.7. The summed E-state index contributed by atoms with van der Waals surface area (Å²) in [5.74, 6) is 2.11. The molecule has 1 aliphatic rings. The quantitative estimate of drug-likeness (QED) is 0.205. The van der Waals surface area contributed by atoms with Gasteiger partial charge in [0, 0.05) is 5.30 Å². The van der Waals surface area contributed by atoms with E-state index in [2.05, 4.69) is 48.5 Å². The molecule has 1 fully saturated rings. The molecule has 0 unspecified atom stereocenters. The molecule has 0 radical (unpaired) electrons. The van der Waals surface area contributed by atoms with E-state index in [4.69, 9.17) is 21.3 Å². The third kappa shape index (κ3) is 6.19. The van der Waals surface area contributed by atoms with Crippen molar-refractivity contribution in [2.75, 3.05) is 31.1 Å². The van der Waals surface area contributed by atoms with E-state index in [-0.39, 0.29) is 5.41 Å². The van der Waals surface area contributed by atoms with Crippen LogP contribution in [-0.4, -0.2) is 30.4 Å². The molecule has 0 saturated heterocycles. The molecule has 0 amide bonds. The van der Waals surface area contributed by atoms with Gasteiger partial charge < -0.3 is 19.9 Å². The van der Waals surface area contributed by atoms with Gasteiger partial charge in [-0.3, -0.25) is 0 Å². The highest BCUT2D eigenvalue weighted by Gasteiger charge is 2.31. The number of hydrogen-bond donors (Lipinski definition) is 2. The number of rotatable bonds is 8. The second-order valence-corrected chi connectivity index (χ2v) is 15.3. The van der Waals surface area contributed by atoms with Crippen molar-refractivity contribution in [3.63, 3.8) is 0 Å². The lowest BCUT2D eigenvalue weighted by Gasteiger charge is -2.25. The van der Waals surface area contributed by atoms with Gasteiger partial charge in [0.2, 0.25) is 5.95 Å². The molecule has 0 bridgehead atoms. The zero-order valence-corrected chi connectivity index (χ0v) is 25.5. The number of hydrogen-bond acceptors (Lipinski definition) is 6. The minimum Gasteiger partial charge on any atom is -0.495 e. The van der Waals surface area contributed by atoms with Crippen molar-refractivity contribution < 1.29 is 9.30 Å². The van der Waals surface area contributed by atoms with Crippen molar-refractivity contribution in [2.45, 2.75) is 44.9 Å². The van der Waals surface area contributed by atoms with Crippen LogP contribution in [0.4, 0.5) is 23.1 Å². The number of nitrogens with zero attached hydrogens (tertiary/aromatic N) is 2. The van der Waals surface area contributed by atoms with Gasteiger partial charge in [-0.05, 0) is 84.0 Å². The number of benzene rings is 3. The number of aromatic nitrogens is 2. The van der Waals surface area contributed by atoms with Crippen molar-refractivity contribution in [2.24, 2.45) is 0 Å². The molecule has 6 nitrogen and oxygen atoms in total. The summed E-state index contributed by atoms with van der Waals surface area (Å²) in [5, 5.41) is 7.77. The fourth-order valence-electron chi connectivity index (χ4n) is 4.90. The third-order valence-electron chi connectivity index (χ3n) is 7.13. The molecular formula is C32H36ClN4O2P. The maximum atomic E-state index is 13.3. The third-order valence-corrected chi connectivity index (χ3v) is 8.93. The summed E-state index contributed by atoms with van der Waals surface area (Å²) < 4.78 is 19.1. The van der Waals surface area contributed by atoms with Crippen molar-refractivity contribution >= 4 is 47.2 Å². The van der Waals surface area contributed by atoms with E-state index in [1.54, 1.807) is 26.6 Å². The molecular weight excluding hydrogens is 539 g/mol. The predicted octanol–water partition coefficient (Wildman–Crippen LogP) is 8.72. The first-order valence-electron chi connectivity index (χ1n) is 13.5. The highest BCUT2D eigenvalue weighted by Crippen LogP contribution is 2.48. The number of anilines is 4. The fourth-order valence-corrected chi connectivity index (χ4v) is 6.20. The van der Waals surface area contributed by atoms with Gasteiger partial charge in [0.05, 0.1) is 24.7 Å². The molecule has 0 aliphatic heterocycles. The summed E-state index contributed by atoms with van der Waals surface area (Å²) >= 11 is 6.54. The van der Waals surface area contributed by atoms with Crippen LogP contribution in [0.5, 0.6) is 5.75 Å². The lowest BCUT2D eigenvalue weighted by molar-refractivity contribution is 0.414. The highest BCUT2D eigenvalue weighted by molar-refractivity contribution is 7.70. The van der Waals surface area contributed by atoms with Gasteiger partial charge in [-0.2, -0.15) is 4.98 Å². The summed E-state index contributed by atoms with van der Waals surface area (Å²) in [6.45, 7) is 10.2. The van der Waals surface area contributed by atoms with Crippen molar-refractivity contribution in [3.05, 3.63) is 83.0 Å². The van der Waals surface area contributed by atoms with Gasteiger partial charge in [0.1, 0.15) is 17.9 Å². The number of halogens is 1. The van der Waals surface area contributed by atoms with Crippen LogP contribution in [-0.2, 0) is 9.98 Å². The Morgan fingerprint density at radius 1 is 0.950 bits per heavy atom. The SMILES string of the molecule is COc1cc(C(C)(C)C)c(C2CC2)cc1Nc1ncc(Cl)c(Nc2ccc(-c3ccccc3)cc2P(C)(C)=O)n1. The number of ether oxygens (including phenoxy) is 1. The van der Waals surface area contributed by atoms with Crippen LogP contribution in [0.3, 0.4) is 0 Å². The lowest BCUT2D eigenvalue weighted by Crippen LogP contribution is -2.15. The van der Waals surface area contributed by atoms with Crippen LogP contribution >= 0.6 is 18.7 Å². The molecule has 3 aromatic carbocycles. The molecule has 1 saturated carbocycles. The average molecular weight is 575 g/mol. The van der Waals surface area contributed by atoms with Gasteiger partial charge in [-0.1, -0.05) is 68.8 Å². The fraction of sp³-hybridized carbons (Fsp3) is 0.312. The first-order chi connectivity index (χ1) is 18.9. The maximum Gasteiger partial charge on any atom is 0.229 e.